The third-order valence-electron chi connectivity index (χ3n) is 2.03. The average Bonchev–Trinajstić information content (AvgIpc) is 2.54. The second-order valence-corrected chi connectivity index (χ2v) is 8.31. The number of hydrogen-bond donors (Lipinski definition) is 1. The molecule has 0 atom stereocenters. The third-order valence-corrected chi connectivity index (χ3v) is 6.21. The van der Waals surface area contributed by atoms with Crippen LogP contribution in [0.1, 0.15) is 11.8 Å². The van der Waals surface area contributed by atoms with E-state index in [1.54, 1.807) is 6.92 Å². The number of rotatable bonds is 6. The highest BCUT2D eigenvalue weighted by molar-refractivity contribution is 9.10. The lowest BCUT2D eigenvalue weighted by Crippen LogP contribution is -2.23. The zero-order chi connectivity index (χ0) is 12.2. The molecule has 0 aromatic carbocycles. The molecule has 3 nitrogen and oxygen atoms in total. The second kappa shape index (κ2) is 6.35. The Bertz CT molecular complexity index is 425. The van der Waals surface area contributed by atoms with E-state index in [2.05, 4.69) is 21.2 Å². The molecule has 0 saturated heterocycles. The summed E-state index contributed by atoms with van der Waals surface area (Å²) < 4.78 is 24.0. The summed E-state index contributed by atoms with van der Waals surface area (Å²) >= 11 is 10.7. The Balaban J connectivity index is 2.31. The fraction of sp³-hybridized carbons (Fsp3) is 0.556. The van der Waals surface area contributed by atoms with Crippen molar-refractivity contribution in [2.24, 2.45) is 0 Å². The summed E-state index contributed by atoms with van der Waals surface area (Å²) in [5.41, 5.74) is 0. The summed E-state index contributed by atoms with van der Waals surface area (Å²) in [6.45, 7) is 2.78. The fourth-order valence-electron chi connectivity index (χ4n) is 1.06. The Morgan fingerprint density at radius 3 is 2.75 bits per heavy atom. The minimum Gasteiger partial charge on any atom is -0.311 e. The normalized spacial score (nSPS) is 11.9. The first-order valence-corrected chi connectivity index (χ1v) is 8.60. The first kappa shape index (κ1) is 14.4. The monoisotopic (exact) mass is 345 g/mol. The molecule has 7 heteroatoms. The molecule has 1 heterocycles. The van der Waals surface area contributed by atoms with Crippen molar-refractivity contribution in [3.63, 3.8) is 0 Å². The molecule has 0 aliphatic rings. The summed E-state index contributed by atoms with van der Waals surface area (Å²) in [6.07, 6.45) is 0. The van der Waals surface area contributed by atoms with Crippen LogP contribution < -0.4 is 5.32 Å². The quantitative estimate of drug-likeness (QED) is 0.806. The second-order valence-electron chi connectivity index (χ2n) is 3.25. The number of halogens is 2. The van der Waals surface area contributed by atoms with E-state index >= 15 is 0 Å². The summed E-state index contributed by atoms with van der Waals surface area (Å²) in [5.74, 6) is 0.384. The SMILES string of the molecule is CCS(=O)(=O)CCNCc1cc(Br)c(Cl)s1. The minimum absolute atomic E-state index is 0.184. The topological polar surface area (TPSA) is 46.2 Å². The van der Waals surface area contributed by atoms with E-state index in [4.69, 9.17) is 11.6 Å². The number of hydrogen-bond acceptors (Lipinski definition) is 4. The van der Waals surface area contributed by atoms with Gasteiger partial charge in [0.05, 0.1) is 5.75 Å². The molecule has 1 aromatic rings. The maximum absolute atomic E-state index is 11.2. The largest absolute Gasteiger partial charge is 0.311 e. The van der Waals surface area contributed by atoms with Gasteiger partial charge < -0.3 is 5.32 Å². The zero-order valence-electron chi connectivity index (χ0n) is 8.79. The Morgan fingerprint density at radius 2 is 2.25 bits per heavy atom. The van der Waals surface area contributed by atoms with Gasteiger partial charge in [0, 0.05) is 28.2 Å². The van der Waals surface area contributed by atoms with E-state index in [0.717, 1.165) is 13.7 Å². The highest BCUT2D eigenvalue weighted by Gasteiger charge is 2.07. The standard InChI is InChI=1S/C9H13BrClNO2S2/c1-2-16(13,14)4-3-12-6-7-5-8(10)9(11)15-7/h5,12H,2-4,6H2,1H3. The van der Waals surface area contributed by atoms with Crippen LogP contribution in [0.5, 0.6) is 0 Å². The van der Waals surface area contributed by atoms with Gasteiger partial charge in [-0.25, -0.2) is 8.42 Å². The van der Waals surface area contributed by atoms with Gasteiger partial charge in [-0.3, -0.25) is 0 Å². The summed E-state index contributed by atoms with van der Waals surface area (Å²) in [7, 11) is -2.87. The van der Waals surface area contributed by atoms with E-state index in [1.807, 2.05) is 6.07 Å². The van der Waals surface area contributed by atoms with Crippen molar-refractivity contribution >= 4 is 48.7 Å². The molecule has 0 amide bonds. The van der Waals surface area contributed by atoms with Crippen LogP contribution in [0.4, 0.5) is 0 Å². The summed E-state index contributed by atoms with van der Waals surface area (Å²) in [4.78, 5) is 1.09. The van der Waals surface area contributed by atoms with Gasteiger partial charge in [0.1, 0.15) is 4.34 Å². The fourth-order valence-corrected chi connectivity index (χ4v) is 3.57. The lowest BCUT2D eigenvalue weighted by Gasteiger charge is -2.02. The summed E-state index contributed by atoms with van der Waals surface area (Å²) in [5, 5.41) is 3.08. The van der Waals surface area contributed by atoms with E-state index in [-0.39, 0.29) is 11.5 Å². The van der Waals surface area contributed by atoms with E-state index in [1.165, 1.54) is 11.3 Å². The summed E-state index contributed by atoms with van der Waals surface area (Å²) in [6, 6.07) is 1.94. The smallest absolute Gasteiger partial charge is 0.151 e. The van der Waals surface area contributed by atoms with E-state index in [9.17, 15) is 8.42 Å². The van der Waals surface area contributed by atoms with Crippen LogP contribution in [-0.4, -0.2) is 26.5 Å². The van der Waals surface area contributed by atoms with E-state index < -0.39 is 9.84 Å². The molecule has 1 rings (SSSR count). The molecule has 0 fully saturated rings. The Hall–Kier alpha value is 0.380. The first-order valence-electron chi connectivity index (χ1n) is 4.79. The van der Waals surface area contributed by atoms with Crippen molar-refractivity contribution in [3.05, 3.63) is 19.8 Å². The van der Waals surface area contributed by atoms with Crippen LogP contribution in [0.15, 0.2) is 10.5 Å². The Labute approximate surface area is 113 Å². The van der Waals surface area contributed by atoms with Crippen LogP contribution in [0, 0.1) is 0 Å². The van der Waals surface area contributed by atoms with Crippen LogP contribution in [0.3, 0.4) is 0 Å². The van der Waals surface area contributed by atoms with Gasteiger partial charge in [0.25, 0.3) is 0 Å². The molecule has 1 N–H and O–H groups in total. The molecule has 0 saturated carbocycles. The third kappa shape index (κ3) is 4.71. The van der Waals surface area contributed by atoms with Gasteiger partial charge in [-0.1, -0.05) is 18.5 Å². The van der Waals surface area contributed by atoms with Gasteiger partial charge in [-0.05, 0) is 22.0 Å². The maximum Gasteiger partial charge on any atom is 0.151 e. The van der Waals surface area contributed by atoms with Crippen LogP contribution in [-0.2, 0) is 16.4 Å². The number of thiophene rings is 1. The zero-order valence-corrected chi connectivity index (χ0v) is 12.8. The van der Waals surface area contributed by atoms with Gasteiger partial charge in [0.15, 0.2) is 9.84 Å². The molecular weight excluding hydrogens is 334 g/mol. The maximum atomic E-state index is 11.2. The van der Waals surface area contributed by atoms with Crippen molar-refractivity contribution in [1.29, 1.82) is 0 Å². The molecule has 16 heavy (non-hydrogen) atoms. The van der Waals surface area contributed by atoms with Gasteiger partial charge in [0.2, 0.25) is 0 Å². The highest BCUT2D eigenvalue weighted by Crippen LogP contribution is 2.31. The van der Waals surface area contributed by atoms with Crippen molar-refractivity contribution in [1.82, 2.24) is 5.32 Å². The van der Waals surface area contributed by atoms with Crippen molar-refractivity contribution in [3.8, 4) is 0 Å². The first-order chi connectivity index (χ1) is 7.44. The Morgan fingerprint density at radius 1 is 1.56 bits per heavy atom. The Kier molecular flexibility index (Phi) is 5.73. The predicted molar refractivity (Wildman–Crippen MR) is 73.1 cm³/mol. The molecule has 0 bridgehead atoms. The molecule has 92 valence electrons. The van der Waals surface area contributed by atoms with Gasteiger partial charge >= 0.3 is 0 Å². The molecule has 0 radical (unpaired) electrons. The van der Waals surface area contributed by atoms with E-state index in [0.29, 0.717) is 13.1 Å². The lowest BCUT2D eigenvalue weighted by atomic mass is 10.4. The molecule has 0 spiro atoms. The van der Waals surface area contributed by atoms with Crippen molar-refractivity contribution < 1.29 is 8.42 Å². The van der Waals surface area contributed by atoms with Crippen LogP contribution in [0.2, 0.25) is 4.34 Å². The predicted octanol–water partition coefficient (Wildman–Crippen LogP) is 2.69. The molecule has 0 aliphatic heterocycles. The van der Waals surface area contributed by atoms with Crippen LogP contribution >= 0.6 is 38.9 Å². The number of nitrogens with one attached hydrogen (secondary N) is 1. The highest BCUT2D eigenvalue weighted by atomic mass is 79.9. The van der Waals surface area contributed by atoms with Gasteiger partial charge in [-0.2, -0.15) is 0 Å². The lowest BCUT2D eigenvalue weighted by molar-refractivity contribution is 0.592. The molecule has 0 aliphatic carbocycles. The van der Waals surface area contributed by atoms with Crippen molar-refractivity contribution in [2.75, 3.05) is 18.1 Å². The number of sulfone groups is 1. The average molecular weight is 347 g/mol. The molecule has 0 unspecified atom stereocenters. The van der Waals surface area contributed by atoms with Crippen molar-refractivity contribution in [2.45, 2.75) is 13.5 Å². The van der Waals surface area contributed by atoms with Gasteiger partial charge in [-0.15, -0.1) is 11.3 Å². The van der Waals surface area contributed by atoms with Crippen LogP contribution in [0.25, 0.3) is 0 Å². The molecule has 1 aromatic heterocycles. The molecular formula is C9H13BrClNO2S2. The minimum atomic E-state index is -2.87.